The SMILES string of the molecule is CC(C)CN(C)[C@H]1CN(C(=O)c2[nH]cnc2-c2ccccc2)C[C@@H]1O.S.S. The van der Waals surface area contributed by atoms with Crippen LogP contribution in [-0.2, 0) is 0 Å². The Balaban J connectivity index is 0.00000182. The van der Waals surface area contributed by atoms with E-state index in [1.165, 1.54) is 0 Å². The van der Waals surface area contributed by atoms with Crippen molar-refractivity contribution in [1.82, 2.24) is 19.8 Å². The number of rotatable bonds is 5. The van der Waals surface area contributed by atoms with E-state index in [1.807, 2.05) is 37.4 Å². The molecule has 6 nitrogen and oxygen atoms in total. The van der Waals surface area contributed by atoms with Crippen LogP contribution in [0.3, 0.4) is 0 Å². The van der Waals surface area contributed by atoms with E-state index in [9.17, 15) is 9.90 Å². The van der Waals surface area contributed by atoms with Crippen LogP contribution >= 0.6 is 27.0 Å². The third-order valence-corrected chi connectivity index (χ3v) is 4.67. The van der Waals surface area contributed by atoms with Crippen molar-refractivity contribution in [2.75, 3.05) is 26.7 Å². The first-order valence-electron chi connectivity index (χ1n) is 8.73. The lowest BCUT2D eigenvalue weighted by molar-refractivity contribution is 0.0758. The van der Waals surface area contributed by atoms with Gasteiger partial charge in [-0.2, -0.15) is 27.0 Å². The molecule has 0 unspecified atom stereocenters. The number of β-amino-alcohol motifs (C(OH)–C–C–N with tert-alkyl or cyclic N) is 1. The van der Waals surface area contributed by atoms with Gasteiger partial charge in [-0.15, -0.1) is 0 Å². The fourth-order valence-electron chi connectivity index (χ4n) is 3.51. The number of nitrogens with one attached hydrogen (secondary N) is 1. The molecule has 27 heavy (non-hydrogen) atoms. The van der Waals surface area contributed by atoms with Gasteiger partial charge >= 0.3 is 0 Å². The second-order valence-corrected chi connectivity index (χ2v) is 7.17. The van der Waals surface area contributed by atoms with Gasteiger partial charge in [0.1, 0.15) is 11.4 Å². The molecule has 0 saturated carbocycles. The molecule has 2 atom stereocenters. The molecule has 1 amide bonds. The van der Waals surface area contributed by atoms with Gasteiger partial charge in [0.25, 0.3) is 5.91 Å². The summed E-state index contributed by atoms with van der Waals surface area (Å²) >= 11 is 0. The molecule has 1 aromatic heterocycles. The minimum absolute atomic E-state index is 0. The topological polar surface area (TPSA) is 72.5 Å². The van der Waals surface area contributed by atoms with Gasteiger partial charge in [-0.25, -0.2) is 4.98 Å². The Bertz CT molecular complexity index is 724. The summed E-state index contributed by atoms with van der Waals surface area (Å²) in [6.07, 6.45) is 1.01. The second kappa shape index (κ2) is 10.2. The highest BCUT2D eigenvalue weighted by atomic mass is 32.1. The van der Waals surface area contributed by atoms with Crippen LogP contribution in [-0.4, -0.2) is 69.6 Å². The summed E-state index contributed by atoms with van der Waals surface area (Å²) in [6.45, 7) is 6.06. The molecule has 1 aliphatic heterocycles. The molecule has 1 saturated heterocycles. The number of aliphatic hydroxyl groups is 1. The van der Waals surface area contributed by atoms with Crippen molar-refractivity contribution in [3.8, 4) is 11.3 Å². The maximum Gasteiger partial charge on any atom is 0.272 e. The lowest BCUT2D eigenvalue weighted by Crippen LogP contribution is -2.42. The van der Waals surface area contributed by atoms with Crippen molar-refractivity contribution in [2.24, 2.45) is 5.92 Å². The Morgan fingerprint density at radius 3 is 2.59 bits per heavy atom. The fourth-order valence-corrected chi connectivity index (χ4v) is 3.51. The third kappa shape index (κ3) is 5.28. The first-order valence-corrected chi connectivity index (χ1v) is 8.73. The summed E-state index contributed by atoms with van der Waals surface area (Å²) in [5.41, 5.74) is 2.03. The van der Waals surface area contributed by atoms with Crippen molar-refractivity contribution in [3.63, 3.8) is 0 Å². The quantitative estimate of drug-likeness (QED) is 0.792. The van der Waals surface area contributed by atoms with Crippen LogP contribution in [0.1, 0.15) is 24.3 Å². The molecular formula is C19H30N4O2S2. The number of hydrogen-bond donors (Lipinski definition) is 2. The minimum atomic E-state index is -0.532. The van der Waals surface area contributed by atoms with Gasteiger partial charge in [-0.1, -0.05) is 44.2 Å². The number of aromatic amines is 1. The summed E-state index contributed by atoms with van der Waals surface area (Å²) in [5, 5.41) is 10.4. The largest absolute Gasteiger partial charge is 0.390 e. The second-order valence-electron chi connectivity index (χ2n) is 7.17. The van der Waals surface area contributed by atoms with E-state index in [1.54, 1.807) is 11.2 Å². The highest BCUT2D eigenvalue weighted by Gasteiger charge is 2.37. The molecule has 150 valence electrons. The molecule has 0 bridgehead atoms. The first-order chi connectivity index (χ1) is 12.0. The molecular weight excluding hydrogens is 380 g/mol. The predicted molar refractivity (Wildman–Crippen MR) is 118 cm³/mol. The number of benzene rings is 1. The molecule has 2 aromatic rings. The zero-order chi connectivity index (χ0) is 18.0. The monoisotopic (exact) mass is 410 g/mol. The van der Waals surface area contributed by atoms with Gasteiger partial charge in [0.15, 0.2) is 0 Å². The number of carbonyl (C=O) groups excluding carboxylic acids is 1. The molecule has 1 aromatic carbocycles. The molecule has 1 fully saturated rings. The highest BCUT2D eigenvalue weighted by molar-refractivity contribution is 7.59. The van der Waals surface area contributed by atoms with Gasteiger partial charge in [-0.05, 0) is 13.0 Å². The van der Waals surface area contributed by atoms with Gasteiger partial charge in [0.2, 0.25) is 0 Å². The molecule has 0 spiro atoms. The number of H-pyrrole nitrogens is 1. The third-order valence-electron chi connectivity index (χ3n) is 4.67. The Kier molecular flexibility index (Phi) is 8.87. The summed E-state index contributed by atoms with van der Waals surface area (Å²) < 4.78 is 0. The number of nitrogens with zero attached hydrogens (tertiary/aromatic N) is 3. The summed E-state index contributed by atoms with van der Waals surface area (Å²) in [4.78, 5) is 24.1. The Morgan fingerprint density at radius 2 is 1.96 bits per heavy atom. The maximum atomic E-state index is 13.0. The smallest absolute Gasteiger partial charge is 0.272 e. The van der Waals surface area contributed by atoms with Crippen LogP contribution in [0.15, 0.2) is 36.7 Å². The predicted octanol–water partition coefficient (Wildman–Crippen LogP) is 2.08. The van der Waals surface area contributed by atoms with Crippen LogP contribution in [0, 0.1) is 5.92 Å². The molecule has 8 heteroatoms. The minimum Gasteiger partial charge on any atom is -0.390 e. The van der Waals surface area contributed by atoms with Gasteiger partial charge < -0.3 is 15.0 Å². The van der Waals surface area contributed by atoms with E-state index < -0.39 is 6.10 Å². The lowest BCUT2D eigenvalue weighted by Gasteiger charge is -2.27. The Morgan fingerprint density at radius 1 is 1.30 bits per heavy atom. The van der Waals surface area contributed by atoms with Gasteiger partial charge in [0, 0.05) is 25.2 Å². The highest BCUT2D eigenvalue weighted by Crippen LogP contribution is 2.24. The molecule has 0 radical (unpaired) electrons. The van der Waals surface area contributed by atoms with Crippen LogP contribution < -0.4 is 0 Å². The number of aromatic nitrogens is 2. The van der Waals surface area contributed by atoms with E-state index in [2.05, 4.69) is 28.7 Å². The maximum absolute atomic E-state index is 13.0. The normalized spacial score (nSPS) is 19.1. The van der Waals surface area contributed by atoms with Crippen molar-refractivity contribution in [1.29, 1.82) is 0 Å². The van der Waals surface area contributed by atoms with E-state index in [0.29, 0.717) is 30.4 Å². The Hall–Kier alpha value is -1.48. The van der Waals surface area contributed by atoms with Crippen LogP contribution in [0.2, 0.25) is 0 Å². The standard InChI is InChI=1S/C19H26N4O2.2H2S/c1-13(2)9-22(3)15-10-23(11-16(15)24)19(25)18-17(20-12-21-18)14-7-5-4-6-8-14;;/h4-8,12-13,15-16,24H,9-11H2,1-3H3,(H,20,21);2*1H2/t15-,16-;;/m0../s1. The van der Waals surface area contributed by atoms with E-state index in [0.717, 1.165) is 12.1 Å². The summed E-state index contributed by atoms with van der Waals surface area (Å²) in [7, 11) is 2.01. The van der Waals surface area contributed by atoms with Gasteiger partial charge in [0.05, 0.1) is 18.5 Å². The van der Waals surface area contributed by atoms with Gasteiger partial charge in [-0.3, -0.25) is 9.69 Å². The molecule has 1 aliphatic rings. The van der Waals surface area contributed by atoms with Crippen molar-refractivity contribution >= 4 is 32.9 Å². The van der Waals surface area contributed by atoms with Crippen LogP contribution in [0.5, 0.6) is 0 Å². The molecule has 0 aliphatic carbocycles. The number of likely N-dealkylation sites (N-methyl/N-ethyl adjacent to an activating group) is 1. The van der Waals surface area contributed by atoms with Crippen molar-refractivity contribution in [2.45, 2.75) is 26.0 Å². The summed E-state index contributed by atoms with van der Waals surface area (Å²) in [6, 6.07) is 9.62. The number of amides is 1. The molecule has 2 heterocycles. The van der Waals surface area contributed by atoms with Crippen molar-refractivity contribution in [3.05, 3.63) is 42.4 Å². The lowest BCUT2D eigenvalue weighted by atomic mass is 10.1. The van der Waals surface area contributed by atoms with E-state index in [-0.39, 0.29) is 38.9 Å². The zero-order valence-corrected chi connectivity index (χ0v) is 18.0. The number of likely N-dealkylation sites (tertiary alicyclic amines) is 1. The average Bonchev–Trinajstić information content (AvgIpc) is 3.21. The van der Waals surface area contributed by atoms with Crippen LogP contribution in [0.4, 0.5) is 0 Å². The average molecular weight is 411 g/mol. The molecule has 2 N–H and O–H groups in total. The number of carbonyl (C=O) groups is 1. The molecule has 3 rings (SSSR count). The number of aliphatic hydroxyl groups excluding tert-OH is 1. The van der Waals surface area contributed by atoms with Crippen LogP contribution in [0.25, 0.3) is 11.3 Å². The van der Waals surface area contributed by atoms with Crippen molar-refractivity contribution < 1.29 is 9.90 Å². The fraction of sp³-hybridized carbons (Fsp3) is 0.474. The van der Waals surface area contributed by atoms with E-state index >= 15 is 0 Å². The summed E-state index contributed by atoms with van der Waals surface area (Å²) in [5.74, 6) is 0.398. The number of imidazole rings is 1. The number of hydrogen-bond acceptors (Lipinski definition) is 4. The first kappa shape index (κ1) is 23.6. The van der Waals surface area contributed by atoms with E-state index in [4.69, 9.17) is 0 Å². The zero-order valence-electron chi connectivity index (χ0n) is 16.0. The Labute approximate surface area is 174 Å².